The van der Waals surface area contributed by atoms with Gasteiger partial charge in [0.25, 0.3) is 5.91 Å². The average molecular weight is 545 g/mol. The zero-order valence-corrected chi connectivity index (χ0v) is 23.5. The normalized spacial score (nSPS) is 16.4. The number of benzene rings is 2. The Hall–Kier alpha value is -3.81. The maximum absolute atomic E-state index is 13.1. The van der Waals surface area contributed by atoms with E-state index in [9.17, 15) is 9.59 Å². The van der Waals surface area contributed by atoms with Crippen LogP contribution >= 0.6 is 0 Å². The number of amides is 1. The molecule has 0 radical (unpaired) electrons. The Balaban J connectivity index is 1.18. The molecule has 1 saturated heterocycles. The first-order valence-corrected chi connectivity index (χ1v) is 14.6. The second-order valence-electron chi connectivity index (χ2n) is 10.9. The van der Waals surface area contributed by atoms with Gasteiger partial charge in [0, 0.05) is 25.0 Å². The molecule has 2 heterocycles. The fraction of sp³-hybridized carbons (Fsp3) is 0.469. The predicted molar refractivity (Wildman–Crippen MR) is 156 cm³/mol. The molecule has 1 aromatic heterocycles. The molecule has 1 aliphatic carbocycles. The molecule has 8 heteroatoms. The highest BCUT2D eigenvalue weighted by atomic mass is 16.5. The maximum atomic E-state index is 13.1. The van der Waals surface area contributed by atoms with Gasteiger partial charge in [0.15, 0.2) is 0 Å². The number of carbonyl (C=O) groups is 2. The molecule has 2 fully saturated rings. The van der Waals surface area contributed by atoms with E-state index in [4.69, 9.17) is 9.47 Å². The van der Waals surface area contributed by atoms with Gasteiger partial charge in [0.05, 0.1) is 37.1 Å². The van der Waals surface area contributed by atoms with Gasteiger partial charge in [-0.3, -0.25) is 14.7 Å². The number of piperidine rings is 1. The van der Waals surface area contributed by atoms with Crippen molar-refractivity contribution in [3.05, 3.63) is 71.5 Å². The zero-order valence-electron chi connectivity index (χ0n) is 23.5. The van der Waals surface area contributed by atoms with Gasteiger partial charge in [0.1, 0.15) is 5.75 Å². The molecule has 0 spiro atoms. The number of hydrogen-bond donors (Lipinski definition) is 2. The Labute approximate surface area is 236 Å². The van der Waals surface area contributed by atoms with Crippen molar-refractivity contribution in [2.45, 2.75) is 58.3 Å². The minimum Gasteiger partial charge on any atom is -0.493 e. The van der Waals surface area contributed by atoms with Crippen molar-refractivity contribution in [2.24, 2.45) is 11.8 Å². The lowest BCUT2D eigenvalue weighted by Gasteiger charge is -2.34. The molecule has 1 amide bonds. The van der Waals surface area contributed by atoms with Crippen molar-refractivity contribution in [1.29, 1.82) is 0 Å². The van der Waals surface area contributed by atoms with E-state index in [1.165, 1.54) is 24.0 Å². The van der Waals surface area contributed by atoms with Gasteiger partial charge in [-0.15, -0.1) is 0 Å². The number of ether oxygens (including phenoxy) is 2. The molecule has 2 aliphatic rings. The van der Waals surface area contributed by atoms with Gasteiger partial charge in [-0.1, -0.05) is 25.1 Å². The molecule has 3 aromatic rings. The third kappa shape index (κ3) is 7.03. The van der Waals surface area contributed by atoms with E-state index >= 15 is 0 Å². The number of aromatic amines is 1. The Morgan fingerprint density at radius 1 is 1.10 bits per heavy atom. The highest BCUT2D eigenvalue weighted by Gasteiger charge is 2.34. The number of hydrogen-bond acceptors (Lipinski definition) is 6. The minimum atomic E-state index is -0.128. The van der Waals surface area contributed by atoms with Crippen LogP contribution in [0.3, 0.4) is 0 Å². The molecule has 2 aromatic carbocycles. The van der Waals surface area contributed by atoms with E-state index < -0.39 is 0 Å². The molecule has 0 bridgehead atoms. The van der Waals surface area contributed by atoms with Crippen molar-refractivity contribution in [2.75, 3.05) is 36.5 Å². The standard InChI is InChI=1S/C32H40N4O4/c1-3-22-8-11-28(32(38)35-26-19-33-34-20-26)30(16-22)36-14-12-23(13-15-36)21-40-27-7-5-6-25(17-27)29(24-9-10-24)18-31(37)39-4-2/h5-8,11,16-17,19-20,23-24,29H,3-4,9-10,12-15,18,21H2,1-2H3,(H,33,34)(H,35,38). The van der Waals surface area contributed by atoms with E-state index in [-0.39, 0.29) is 17.8 Å². The summed E-state index contributed by atoms with van der Waals surface area (Å²) in [6.07, 6.45) is 8.95. The lowest BCUT2D eigenvalue weighted by molar-refractivity contribution is -0.143. The van der Waals surface area contributed by atoms with Crippen LogP contribution in [0.1, 0.15) is 73.4 Å². The van der Waals surface area contributed by atoms with Crippen LogP contribution in [-0.4, -0.2) is 48.4 Å². The van der Waals surface area contributed by atoms with Crippen LogP contribution in [0.5, 0.6) is 5.75 Å². The van der Waals surface area contributed by atoms with E-state index in [1.807, 2.05) is 31.2 Å². The summed E-state index contributed by atoms with van der Waals surface area (Å²) in [6, 6.07) is 14.4. The number of anilines is 2. The number of H-pyrrole nitrogens is 1. The largest absolute Gasteiger partial charge is 0.493 e. The predicted octanol–water partition coefficient (Wildman–Crippen LogP) is 5.97. The molecule has 40 heavy (non-hydrogen) atoms. The van der Waals surface area contributed by atoms with E-state index in [1.54, 1.807) is 12.4 Å². The number of nitrogens with zero attached hydrogens (tertiary/aromatic N) is 2. The van der Waals surface area contributed by atoms with Gasteiger partial charge < -0.3 is 19.7 Å². The summed E-state index contributed by atoms with van der Waals surface area (Å²) >= 11 is 0. The first kappa shape index (κ1) is 27.7. The molecular formula is C32H40N4O4. The van der Waals surface area contributed by atoms with Gasteiger partial charge in [0.2, 0.25) is 0 Å². The highest BCUT2D eigenvalue weighted by Crippen LogP contribution is 2.45. The molecule has 8 nitrogen and oxygen atoms in total. The fourth-order valence-corrected chi connectivity index (χ4v) is 5.61. The number of carbonyl (C=O) groups excluding carboxylic acids is 2. The first-order valence-electron chi connectivity index (χ1n) is 14.6. The Morgan fingerprint density at radius 3 is 2.62 bits per heavy atom. The summed E-state index contributed by atoms with van der Waals surface area (Å²) in [7, 11) is 0. The van der Waals surface area contributed by atoms with Crippen LogP contribution in [0, 0.1) is 11.8 Å². The van der Waals surface area contributed by atoms with Crippen LogP contribution in [0.15, 0.2) is 54.9 Å². The van der Waals surface area contributed by atoms with E-state index in [0.29, 0.717) is 42.7 Å². The topological polar surface area (TPSA) is 96.6 Å². The smallest absolute Gasteiger partial charge is 0.306 e. The van der Waals surface area contributed by atoms with Crippen LogP contribution in [0.4, 0.5) is 11.4 Å². The lowest BCUT2D eigenvalue weighted by Crippen LogP contribution is -2.36. The van der Waals surface area contributed by atoms with Crippen molar-refractivity contribution in [3.63, 3.8) is 0 Å². The molecular weight excluding hydrogens is 504 g/mol. The first-order chi connectivity index (χ1) is 19.5. The van der Waals surface area contributed by atoms with Gasteiger partial charge in [-0.05, 0) is 92.2 Å². The highest BCUT2D eigenvalue weighted by molar-refractivity contribution is 6.08. The molecule has 1 unspecified atom stereocenters. The molecule has 212 valence electrons. The van der Waals surface area contributed by atoms with Gasteiger partial charge >= 0.3 is 5.97 Å². The van der Waals surface area contributed by atoms with Crippen molar-refractivity contribution < 1.29 is 19.1 Å². The number of rotatable bonds is 12. The van der Waals surface area contributed by atoms with Crippen molar-refractivity contribution in [1.82, 2.24) is 10.2 Å². The Bertz CT molecular complexity index is 1280. The molecule has 1 aliphatic heterocycles. The summed E-state index contributed by atoms with van der Waals surface area (Å²) < 4.78 is 11.5. The molecule has 1 atom stereocenters. The van der Waals surface area contributed by atoms with Crippen LogP contribution in [0.2, 0.25) is 0 Å². The Kier molecular flexibility index (Phi) is 9.04. The fourth-order valence-electron chi connectivity index (χ4n) is 5.61. The van der Waals surface area contributed by atoms with Gasteiger partial charge in [-0.25, -0.2) is 0 Å². The monoisotopic (exact) mass is 544 g/mol. The van der Waals surface area contributed by atoms with Crippen molar-refractivity contribution in [3.8, 4) is 5.75 Å². The quantitative estimate of drug-likeness (QED) is 0.273. The van der Waals surface area contributed by atoms with E-state index in [2.05, 4.69) is 45.5 Å². The lowest BCUT2D eigenvalue weighted by atomic mass is 9.91. The average Bonchev–Trinajstić information content (AvgIpc) is 3.70. The number of esters is 1. The molecule has 1 saturated carbocycles. The van der Waals surface area contributed by atoms with Crippen LogP contribution in [-0.2, 0) is 16.0 Å². The number of nitrogens with one attached hydrogen (secondary N) is 2. The zero-order chi connectivity index (χ0) is 27.9. The number of aryl methyl sites for hydroxylation is 1. The summed E-state index contributed by atoms with van der Waals surface area (Å²) in [5, 5.41) is 9.59. The summed E-state index contributed by atoms with van der Waals surface area (Å²) in [5.74, 6) is 1.81. The SMILES string of the molecule is CCOC(=O)CC(c1cccc(OCC2CCN(c3cc(CC)ccc3C(=O)Nc3cn[nH]c3)CC2)c1)C1CC1. The summed E-state index contributed by atoms with van der Waals surface area (Å²) in [4.78, 5) is 27.6. The summed E-state index contributed by atoms with van der Waals surface area (Å²) in [6.45, 7) is 6.80. The summed E-state index contributed by atoms with van der Waals surface area (Å²) in [5.41, 5.74) is 4.70. The number of aromatic nitrogens is 2. The maximum Gasteiger partial charge on any atom is 0.306 e. The molecule has 2 N–H and O–H groups in total. The second kappa shape index (κ2) is 13.0. The minimum absolute atomic E-state index is 0.121. The van der Waals surface area contributed by atoms with E-state index in [0.717, 1.165) is 43.8 Å². The third-order valence-electron chi connectivity index (χ3n) is 8.08. The van der Waals surface area contributed by atoms with Crippen molar-refractivity contribution >= 4 is 23.3 Å². The van der Waals surface area contributed by atoms with Crippen LogP contribution < -0.4 is 15.0 Å². The molecule has 5 rings (SSSR count). The van der Waals surface area contributed by atoms with Gasteiger partial charge in [-0.2, -0.15) is 5.10 Å². The second-order valence-corrected chi connectivity index (χ2v) is 10.9. The Morgan fingerprint density at radius 2 is 1.93 bits per heavy atom. The third-order valence-corrected chi connectivity index (χ3v) is 8.08. The van der Waals surface area contributed by atoms with Crippen LogP contribution in [0.25, 0.3) is 0 Å².